The van der Waals surface area contributed by atoms with Crippen LogP contribution in [0.25, 0.3) is 0 Å². The monoisotopic (exact) mass is 320 g/mol. The van der Waals surface area contributed by atoms with Crippen molar-refractivity contribution in [2.75, 3.05) is 13.1 Å². The van der Waals surface area contributed by atoms with Crippen LogP contribution in [0, 0.1) is 11.7 Å². The molecule has 1 aromatic carbocycles. The lowest BCUT2D eigenvalue weighted by atomic mass is 10.2. The Morgan fingerprint density at radius 3 is 2.70 bits per heavy atom. The third-order valence-electron chi connectivity index (χ3n) is 3.19. The van der Waals surface area contributed by atoms with Crippen molar-refractivity contribution in [3.8, 4) is 0 Å². The molecule has 2 N–H and O–H groups in total. The molecule has 20 heavy (non-hydrogen) atoms. The Bertz CT molecular complexity index is 588. The van der Waals surface area contributed by atoms with Crippen LogP contribution < -0.4 is 10.0 Å². The van der Waals surface area contributed by atoms with Crippen molar-refractivity contribution in [1.29, 1.82) is 0 Å². The van der Waals surface area contributed by atoms with Crippen molar-refractivity contribution in [3.05, 3.63) is 28.5 Å². The van der Waals surface area contributed by atoms with Gasteiger partial charge in [0, 0.05) is 23.7 Å². The van der Waals surface area contributed by atoms with E-state index < -0.39 is 15.8 Å². The van der Waals surface area contributed by atoms with Crippen molar-refractivity contribution in [2.24, 2.45) is 5.92 Å². The number of hydrogen-bond donors (Lipinski definition) is 2. The van der Waals surface area contributed by atoms with Gasteiger partial charge in [0.1, 0.15) is 10.7 Å². The summed E-state index contributed by atoms with van der Waals surface area (Å²) in [5.74, 6) is -0.355. The Morgan fingerprint density at radius 1 is 1.40 bits per heavy atom. The second-order valence-electron chi connectivity index (χ2n) is 4.95. The van der Waals surface area contributed by atoms with Gasteiger partial charge in [-0.1, -0.05) is 18.5 Å². The van der Waals surface area contributed by atoms with Crippen molar-refractivity contribution in [3.63, 3.8) is 0 Å². The molecule has 0 aliphatic heterocycles. The van der Waals surface area contributed by atoms with Crippen molar-refractivity contribution in [2.45, 2.75) is 31.2 Å². The first kappa shape index (κ1) is 15.7. The number of rotatable bonds is 7. The minimum atomic E-state index is -3.85. The van der Waals surface area contributed by atoms with E-state index in [0.717, 1.165) is 18.9 Å². The number of benzene rings is 1. The number of nitrogens with one attached hydrogen (secondary N) is 2. The average Bonchev–Trinajstić information content (AvgIpc) is 3.21. The van der Waals surface area contributed by atoms with Crippen LogP contribution in [-0.4, -0.2) is 21.5 Å². The van der Waals surface area contributed by atoms with Gasteiger partial charge in [-0.05, 0) is 37.4 Å². The first-order valence-electron chi connectivity index (χ1n) is 6.62. The van der Waals surface area contributed by atoms with E-state index in [4.69, 9.17) is 11.6 Å². The molecule has 0 unspecified atom stereocenters. The summed E-state index contributed by atoms with van der Waals surface area (Å²) >= 11 is 5.90. The van der Waals surface area contributed by atoms with Crippen LogP contribution in [0.15, 0.2) is 17.0 Å². The molecule has 7 heteroatoms. The summed E-state index contributed by atoms with van der Waals surface area (Å²) < 4.78 is 41.0. The number of hydrogen-bond acceptors (Lipinski definition) is 3. The molecule has 0 aromatic heterocycles. The zero-order chi connectivity index (χ0) is 14.8. The third kappa shape index (κ3) is 3.91. The van der Waals surface area contributed by atoms with Gasteiger partial charge in [-0.2, -0.15) is 0 Å². The highest BCUT2D eigenvalue weighted by Crippen LogP contribution is 2.29. The molecular weight excluding hydrogens is 303 g/mol. The molecule has 0 amide bonds. The van der Waals surface area contributed by atoms with Gasteiger partial charge >= 0.3 is 0 Å². The van der Waals surface area contributed by atoms with Gasteiger partial charge in [0.15, 0.2) is 0 Å². The van der Waals surface area contributed by atoms with Crippen LogP contribution in [-0.2, 0) is 16.6 Å². The Balaban J connectivity index is 2.26. The van der Waals surface area contributed by atoms with Gasteiger partial charge < -0.3 is 5.32 Å². The Labute approximate surface area is 123 Å². The van der Waals surface area contributed by atoms with Crippen LogP contribution in [0.3, 0.4) is 0 Å². The van der Waals surface area contributed by atoms with E-state index in [1.54, 1.807) is 0 Å². The summed E-state index contributed by atoms with van der Waals surface area (Å²) in [6.07, 6.45) is 2.04. The van der Waals surface area contributed by atoms with Gasteiger partial charge in [0.05, 0.1) is 0 Å². The SMILES string of the molecule is CCNCc1cc(Cl)cc(S(=O)(=O)NCC2CC2)c1F. The second kappa shape index (κ2) is 6.39. The molecule has 1 fully saturated rings. The number of halogens is 2. The summed E-state index contributed by atoms with van der Waals surface area (Å²) in [7, 11) is -3.85. The summed E-state index contributed by atoms with van der Waals surface area (Å²) in [5.41, 5.74) is 0.256. The second-order valence-corrected chi connectivity index (χ2v) is 7.12. The fourth-order valence-corrected chi connectivity index (χ4v) is 3.39. The fraction of sp³-hybridized carbons (Fsp3) is 0.538. The normalized spacial score (nSPS) is 15.6. The first-order chi connectivity index (χ1) is 9.44. The summed E-state index contributed by atoms with van der Waals surface area (Å²) in [5, 5.41) is 3.17. The van der Waals surface area contributed by atoms with E-state index in [9.17, 15) is 12.8 Å². The van der Waals surface area contributed by atoms with Crippen LogP contribution in [0.4, 0.5) is 4.39 Å². The molecule has 0 heterocycles. The van der Waals surface area contributed by atoms with Gasteiger partial charge in [0.2, 0.25) is 10.0 Å². The Morgan fingerprint density at radius 2 is 2.10 bits per heavy atom. The molecule has 1 aliphatic rings. The van der Waals surface area contributed by atoms with Gasteiger partial charge in [-0.3, -0.25) is 0 Å². The maximum Gasteiger partial charge on any atom is 0.243 e. The van der Waals surface area contributed by atoms with Crippen LogP contribution in [0.5, 0.6) is 0 Å². The fourth-order valence-electron chi connectivity index (χ4n) is 1.83. The highest BCUT2D eigenvalue weighted by molar-refractivity contribution is 7.89. The third-order valence-corrected chi connectivity index (χ3v) is 4.83. The zero-order valence-electron chi connectivity index (χ0n) is 11.2. The van der Waals surface area contributed by atoms with Gasteiger partial charge in [-0.25, -0.2) is 17.5 Å². The molecule has 1 aliphatic carbocycles. The average molecular weight is 321 g/mol. The van der Waals surface area contributed by atoms with Crippen LogP contribution in [0.2, 0.25) is 5.02 Å². The lowest BCUT2D eigenvalue weighted by molar-refractivity contribution is 0.542. The first-order valence-corrected chi connectivity index (χ1v) is 8.48. The van der Waals surface area contributed by atoms with Crippen molar-refractivity contribution >= 4 is 21.6 Å². The van der Waals surface area contributed by atoms with Crippen LogP contribution >= 0.6 is 11.6 Å². The molecule has 112 valence electrons. The highest BCUT2D eigenvalue weighted by atomic mass is 35.5. The van der Waals surface area contributed by atoms with E-state index in [2.05, 4.69) is 10.0 Å². The molecule has 0 radical (unpaired) electrons. The molecule has 4 nitrogen and oxygen atoms in total. The van der Waals surface area contributed by atoms with Gasteiger partial charge in [-0.15, -0.1) is 0 Å². The maximum atomic E-state index is 14.3. The maximum absolute atomic E-state index is 14.3. The van der Waals surface area contributed by atoms with Crippen LogP contribution in [0.1, 0.15) is 25.3 Å². The quantitative estimate of drug-likeness (QED) is 0.810. The van der Waals surface area contributed by atoms with Crippen molar-refractivity contribution in [1.82, 2.24) is 10.0 Å². The largest absolute Gasteiger partial charge is 0.313 e. The molecule has 1 aromatic rings. The topological polar surface area (TPSA) is 58.2 Å². The number of sulfonamides is 1. The molecule has 0 spiro atoms. The van der Waals surface area contributed by atoms with E-state index >= 15 is 0 Å². The van der Waals surface area contributed by atoms with E-state index in [0.29, 0.717) is 19.0 Å². The van der Waals surface area contributed by atoms with Crippen molar-refractivity contribution < 1.29 is 12.8 Å². The minimum absolute atomic E-state index is 0.214. The molecular formula is C13H18ClFN2O2S. The summed E-state index contributed by atoms with van der Waals surface area (Å²) in [6, 6.07) is 2.60. The summed E-state index contributed by atoms with van der Waals surface area (Å²) in [4.78, 5) is -0.376. The molecule has 0 bridgehead atoms. The van der Waals surface area contributed by atoms with E-state index in [1.807, 2.05) is 6.92 Å². The predicted molar refractivity (Wildman–Crippen MR) is 76.7 cm³/mol. The molecule has 0 atom stereocenters. The Kier molecular flexibility index (Phi) is 5.01. The minimum Gasteiger partial charge on any atom is -0.313 e. The predicted octanol–water partition coefficient (Wildman–Crippen LogP) is 2.28. The van der Waals surface area contributed by atoms with E-state index in [-0.39, 0.29) is 22.0 Å². The Hall–Kier alpha value is -0.690. The molecule has 1 saturated carbocycles. The molecule has 0 saturated heterocycles. The zero-order valence-corrected chi connectivity index (χ0v) is 12.8. The lowest BCUT2D eigenvalue weighted by Crippen LogP contribution is -2.27. The van der Waals surface area contributed by atoms with E-state index in [1.165, 1.54) is 6.07 Å². The lowest BCUT2D eigenvalue weighted by Gasteiger charge is -2.11. The highest BCUT2D eigenvalue weighted by Gasteiger charge is 2.27. The smallest absolute Gasteiger partial charge is 0.243 e. The molecule has 2 rings (SSSR count). The standard InChI is InChI=1S/C13H18ClFN2O2S/c1-2-16-8-10-5-11(14)6-12(13(10)15)20(18,19)17-7-9-3-4-9/h5-6,9,16-17H,2-4,7-8H2,1H3. The summed E-state index contributed by atoms with van der Waals surface area (Å²) in [6.45, 7) is 3.15. The van der Waals surface area contributed by atoms with Gasteiger partial charge in [0.25, 0.3) is 0 Å².